The van der Waals surface area contributed by atoms with Crippen molar-refractivity contribution in [2.24, 2.45) is 0 Å². The van der Waals surface area contributed by atoms with Crippen molar-refractivity contribution in [3.8, 4) is 5.75 Å². The van der Waals surface area contributed by atoms with E-state index in [2.05, 4.69) is 10.4 Å². The van der Waals surface area contributed by atoms with Gasteiger partial charge < -0.3 is 10.4 Å². The van der Waals surface area contributed by atoms with Crippen molar-refractivity contribution in [2.75, 3.05) is 5.32 Å². The quantitative estimate of drug-likeness (QED) is 0.792. The summed E-state index contributed by atoms with van der Waals surface area (Å²) >= 11 is 0. The van der Waals surface area contributed by atoms with Crippen molar-refractivity contribution in [1.29, 1.82) is 0 Å². The molecule has 24 heavy (non-hydrogen) atoms. The number of aromatic hydroxyl groups is 1. The van der Waals surface area contributed by atoms with Gasteiger partial charge in [0.15, 0.2) is 0 Å². The number of nitrogens with zero attached hydrogens (tertiary/aromatic N) is 1. The van der Waals surface area contributed by atoms with Crippen molar-refractivity contribution in [2.45, 2.75) is 50.5 Å². The number of benzene rings is 1. The van der Waals surface area contributed by atoms with Gasteiger partial charge in [0.25, 0.3) is 5.56 Å². The molecule has 1 saturated carbocycles. The number of fused-ring (bicyclic) bond motifs is 1. The number of phenols is 1. The van der Waals surface area contributed by atoms with Gasteiger partial charge in [-0.15, -0.1) is 0 Å². The van der Waals surface area contributed by atoms with Crippen LogP contribution in [0.5, 0.6) is 5.75 Å². The van der Waals surface area contributed by atoms with Gasteiger partial charge in [-0.2, -0.15) is 0 Å². The number of carbonyl (C=O) groups is 1. The largest absolute Gasteiger partial charge is 0.508 e. The van der Waals surface area contributed by atoms with Crippen LogP contribution in [0, 0.1) is 0 Å². The molecule has 2 aromatic rings. The zero-order valence-electron chi connectivity index (χ0n) is 13.4. The second-order valence-corrected chi connectivity index (χ2v) is 6.76. The number of anilines is 1. The van der Waals surface area contributed by atoms with Crippen molar-refractivity contribution in [3.63, 3.8) is 0 Å². The zero-order chi connectivity index (χ0) is 16.7. The van der Waals surface area contributed by atoms with Crippen LogP contribution in [-0.2, 0) is 4.79 Å². The van der Waals surface area contributed by atoms with Crippen LogP contribution in [0.25, 0.3) is 0 Å². The summed E-state index contributed by atoms with van der Waals surface area (Å²) in [5.74, 6) is 0.327. The van der Waals surface area contributed by atoms with Gasteiger partial charge in [-0.3, -0.25) is 19.4 Å². The van der Waals surface area contributed by atoms with Crippen LogP contribution in [0.4, 0.5) is 5.82 Å². The molecule has 0 saturated heterocycles. The number of aromatic amines is 1. The fraction of sp³-hybridized carbons (Fsp3) is 0.444. The van der Waals surface area contributed by atoms with Crippen LogP contribution in [0.1, 0.15) is 61.6 Å². The number of hydrogen-bond acceptors (Lipinski definition) is 3. The predicted octanol–water partition coefficient (Wildman–Crippen LogP) is 2.86. The summed E-state index contributed by atoms with van der Waals surface area (Å²) in [6.07, 6.45) is 5.76. The average molecular weight is 327 g/mol. The molecule has 1 aromatic heterocycles. The second-order valence-electron chi connectivity index (χ2n) is 6.76. The number of phenolic OH excluding ortho intramolecular Hbond substituents is 1. The third kappa shape index (κ3) is 2.52. The molecule has 2 aliphatic rings. The maximum absolute atomic E-state index is 12.6. The molecule has 1 aliphatic carbocycles. The molecule has 4 rings (SSSR count). The van der Waals surface area contributed by atoms with E-state index in [1.807, 2.05) is 10.7 Å². The Labute approximate surface area is 139 Å². The fourth-order valence-electron chi connectivity index (χ4n) is 4.02. The van der Waals surface area contributed by atoms with Gasteiger partial charge in [0.1, 0.15) is 11.6 Å². The molecule has 1 aliphatic heterocycles. The molecule has 0 unspecified atom stereocenters. The molecule has 2 heterocycles. The summed E-state index contributed by atoms with van der Waals surface area (Å²) in [4.78, 5) is 24.8. The summed E-state index contributed by atoms with van der Waals surface area (Å²) in [6, 6.07) is 7.04. The van der Waals surface area contributed by atoms with Crippen LogP contribution in [0.3, 0.4) is 0 Å². The lowest BCUT2D eigenvalue weighted by atomic mass is 9.87. The number of aromatic nitrogens is 2. The molecular weight excluding hydrogens is 306 g/mol. The highest BCUT2D eigenvalue weighted by Gasteiger charge is 2.34. The molecule has 0 radical (unpaired) electrons. The number of rotatable bonds is 2. The van der Waals surface area contributed by atoms with Gasteiger partial charge in [-0.25, -0.2) is 0 Å². The molecule has 1 atom stereocenters. The van der Waals surface area contributed by atoms with Gasteiger partial charge in [0.05, 0.1) is 11.6 Å². The zero-order valence-corrected chi connectivity index (χ0v) is 13.4. The first kappa shape index (κ1) is 15.1. The van der Waals surface area contributed by atoms with E-state index in [0.717, 1.165) is 31.2 Å². The summed E-state index contributed by atoms with van der Waals surface area (Å²) in [5.41, 5.74) is 1.24. The molecule has 3 N–H and O–H groups in total. The van der Waals surface area contributed by atoms with E-state index in [0.29, 0.717) is 11.4 Å². The van der Waals surface area contributed by atoms with Gasteiger partial charge in [0, 0.05) is 12.3 Å². The highest BCUT2D eigenvalue weighted by Crippen LogP contribution is 2.38. The van der Waals surface area contributed by atoms with E-state index in [9.17, 15) is 14.7 Å². The normalized spacial score (nSPS) is 21.3. The van der Waals surface area contributed by atoms with Crippen LogP contribution >= 0.6 is 0 Å². The first-order valence-corrected chi connectivity index (χ1v) is 8.56. The molecule has 1 aromatic carbocycles. The average Bonchev–Trinajstić information content (AvgIpc) is 2.91. The first-order valence-electron chi connectivity index (χ1n) is 8.56. The topological polar surface area (TPSA) is 87.1 Å². The Balaban J connectivity index is 1.81. The highest BCUT2D eigenvalue weighted by atomic mass is 16.3. The minimum atomic E-state index is -0.325. The number of nitrogens with one attached hydrogen (secondary N) is 2. The molecular formula is C18H21N3O3. The maximum Gasteiger partial charge on any atom is 0.270 e. The van der Waals surface area contributed by atoms with Gasteiger partial charge in [-0.05, 0) is 30.5 Å². The molecule has 6 nitrogen and oxygen atoms in total. The molecule has 0 bridgehead atoms. The second kappa shape index (κ2) is 5.85. The lowest BCUT2D eigenvalue weighted by Gasteiger charge is -2.28. The van der Waals surface area contributed by atoms with Crippen molar-refractivity contribution in [3.05, 3.63) is 45.7 Å². The predicted molar refractivity (Wildman–Crippen MR) is 90.4 cm³/mol. The Hall–Kier alpha value is -2.50. The van der Waals surface area contributed by atoms with Crippen LogP contribution in [0.2, 0.25) is 0 Å². The van der Waals surface area contributed by atoms with Gasteiger partial charge >= 0.3 is 0 Å². The number of amides is 1. The lowest BCUT2D eigenvalue weighted by Crippen LogP contribution is -2.27. The lowest BCUT2D eigenvalue weighted by molar-refractivity contribution is -0.116. The molecule has 6 heteroatoms. The fourth-order valence-corrected chi connectivity index (χ4v) is 4.02. The first-order chi connectivity index (χ1) is 11.6. The molecule has 0 spiro atoms. The third-order valence-corrected chi connectivity index (χ3v) is 5.17. The van der Waals surface area contributed by atoms with Gasteiger partial charge in [0.2, 0.25) is 5.91 Å². The SMILES string of the molecule is O=C1C[C@H](c2cccc(O)c2)c2c(n(C3CCCCC3)[nH]c2=O)N1. The minimum absolute atomic E-state index is 0.0978. The summed E-state index contributed by atoms with van der Waals surface area (Å²) in [7, 11) is 0. The van der Waals surface area contributed by atoms with E-state index < -0.39 is 0 Å². The van der Waals surface area contributed by atoms with Crippen LogP contribution in [-0.4, -0.2) is 20.8 Å². The minimum Gasteiger partial charge on any atom is -0.508 e. The Kier molecular flexibility index (Phi) is 3.67. The smallest absolute Gasteiger partial charge is 0.270 e. The Morgan fingerprint density at radius 1 is 1.12 bits per heavy atom. The van der Waals surface area contributed by atoms with Crippen LogP contribution in [0.15, 0.2) is 29.1 Å². The number of H-pyrrole nitrogens is 1. The summed E-state index contributed by atoms with van der Waals surface area (Å²) in [5, 5.41) is 15.6. The molecule has 1 fully saturated rings. The van der Waals surface area contributed by atoms with Crippen LogP contribution < -0.4 is 10.9 Å². The van der Waals surface area contributed by atoms with E-state index in [-0.39, 0.29) is 35.6 Å². The highest BCUT2D eigenvalue weighted by molar-refractivity contribution is 5.94. The summed E-state index contributed by atoms with van der Waals surface area (Å²) in [6.45, 7) is 0. The van der Waals surface area contributed by atoms with E-state index in [1.54, 1.807) is 18.2 Å². The third-order valence-electron chi connectivity index (χ3n) is 5.17. The van der Waals surface area contributed by atoms with E-state index >= 15 is 0 Å². The Bertz CT molecular complexity index is 830. The number of hydrogen-bond donors (Lipinski definition) is 3. The molecule has 1 amide bonds. The van der Waals surface area contributed by atoms with Crippen molar-refractivity contribution >= 4 is 11.7 Å². The van der Waals surface area contributed by atoms with E-state index in [1.165, 1.54) is 6.42 Å². The molecule has 126 valence electrons. The number of carbonyl (C=O) groups excluding carboxylic acids is 1. The standard InChI is InChI=1S/C18H21N3O3/c22-13-8-4-5-11(9-13)14-10-15(23)19-17-16(14)18(24)20-21(17)12-6-2-1-3-7-12/h4-5,8-9,12,14,22H,1-3,6-7,10H2,(H,19,23)(H,20,24)/t14-/m1/s1. The Morgan fingerprint density at radius 3 is 2.67 bits per heavy atom. The summed E-state index contributed by atoms with van der Waals surface area (Å²) < 4.78 is 1.86. The maximum atomic E-state index is 12.6. The van der Waals surface area contributed by atoms with Gasteiger partial charge in [-0.1, -0.05) is 31.4 Å². The monoisotopic (exact) mass is 327 g/mol. The van der Waals surface area contributed by atoms with E-state index in [4.69, 9.17) is 0 Å². The van der Waals surface area contributed by atoms with Crippen molar-refractivity contribution in [1.82, 2.24) is 9.78 Å². The Morgan fingerprint density at radius 2 is 1.92 bits per heavy atom. The van der Waals surface area contributed by atoms with Crippen molar-refractivity contribution < 1.29 is 9.90 Å².